The topological polar surface area (TPSA) is 114 Å². The average Bonchev–Trinajstić information content (AvgIpc) is 2.56. The minimum atomic E-state index is -0.814. The number of ketones is 2. The SMILES string of the molecule is [N-]=[N+]=C(C(=O)c1ccccc1)C(=O)c1ccc([N+](=O)[O-])cc1. The molecule has 0 atom stereocenters. The number of nitrogens with zero attached hydrogens (tertiary/aromatic N) is 3. The molecule has 0 aliphatic rings. The van der Waals surface area contributed by atoms with E-state index in [9.17, 15) is 19.7 Å². The molecule has 0 saturated heterocycles. The third-order valence-electron chi connectivity index (χ3n) is 2.91. The maximum atomic E-state index is 12.2. The van der Waals surface area contributed by atoms with Gasteiger partial charge in [0.15, 0.2) is 0 Å². The maximum Gasteiger partial charge on any atom is 0.409 e. The summed E-state index contributed by atoms with van der Waals surface area (Å²) in [5.41, 5.74) is 8.35. The first-order valence-electron chi connectivity index (χ1n) is 6.15. The van der Waals surface area contributed by atoms with E-state index in [4.69, 9.17) is 5.53 Å². The largest absolute Gasteiger partial charge is 0.409 e. The van der Waals surface area contributed by atoms with Crippen molar-refractivity contribution >= 4 is 23.0 Å². The summed E-state index contributed by atoms with van der Waals surface area (Å²) in [6, 6.07) is 12.5. The molecule has 0 unspecified atom stereocenters. The van der Waals surface area contributed by atoms with E-state index in [1.165, 1.54) is 24.3 Å². The van der Waals surface area contributed by atoms with Crippen molar-refractivity contribution in [3.63, 3.8) is 0 Å². The molecular weight excluding hydrogens is 286 g/mol. The van der Waals surface area contributed by atoms with E-state index in [0.717, 1.165) is 12.1 Å². The first kappa shape index (κ1) is 15.0. The van der Waals surface area contributed by atoms with Crippen LogP contribution in [0.5, 0.6) is 0 Å². The van der Waals surface area contributed by atoms with Crippen LogP contribution in [-0.2, 0) is 0 Å². The second-order valence-corrected chi connectivity index (χ2v) is 4.28. The summed E-state index contributed by atoms with van der Waals surface area (Å²) in [5.74, 6) is -1.54. The van der Waals surface area contributed by atoms with Gasteiger partial charge in [-0.25, -0.2) is 0 Å². The molecule has 0 spiro atoms. The summed E-state index contributed by atoms with van der Waals surface area (Å²) in [5, 5.41) is 10.6. The van der Waals surface area contributed by atoms with Gasteiger partial charge < -0.3 is 5.53 Å². The zero-order valence-electron chi connectivity index (χ0n) is 11.2. The minimum Gasteiger partial charge on any atom is -0.360 e. The molecule has 0 bridgehead atoms. The predicted octanol–water partition coefficient (Wildman–Crippen LogP) is 2.33. The fourth-order valence-corrected chi connectivity index (χ4v) is 1.79. The number of rotatable bonds is 5. The molecule has 0 aromatic heterocycles. The number of carbonyl (C=O) groups is 2. The first-order chi connectivity index (χ1) is 10.5. The molecule has 0 N–H and O–H groups in total. The van der Waals surface area contributed by atoms with Crippen molar-refractivity contribution in [2.24, 2.45) is 0 Å². The van der Waals surface area contributed by atoms with Gasteiger partial charge in [-0.1, -0.05) is 30.3 Å². The number of carbonyl (C=O) groups excluding carboxylic acids is 2. The predicted molar refractivity (Wildman–Crippen MR) is 76.8 cm³/mol. The van der Waals surface area contributed by atoms with Crippen molar-refractivity contribution in [2.75, 3.05) is 0 Å². The molecular formula is C15H9N3O4. The number of non-ortho nitro benzene ring substituents is 1. The maximum absolute atomic E-state index is 12.2. The van der Waals surface area contributed by atoms with Gasteiger partial charge in [0, 0.05) is 23.3 Å². The lowest BCUT2D eigenvalue weighted by atomic mass is 9.99. The van der Waals surface area contributed by atoms with Crippen molar-refractivity contribution in [1.29, 1.82) is 0 Å². The van der Waals surface area contributed by atoms with Crippen LogP contribution in [0.2, 0.25) is 0 Å². The lowest BCUT2D eigenvalue weighted by molar-refractivity contribution is -0.384. The monoisotopic (exact) mass is 295 g/mol. The Bertz CT molecular complexity index is 791. The van der Waals surface area contributed by atoms with Gasteiger partial charge in [-0.2, -0.15) is 4.79 Å². The van der Waals surface area contributed by atoms with E-state index in [0.29, 0.717) is 0 Å². The summed E-state index contributed by atoms with van der Waals surface area (Å²) in [6.45, 7) is 0. The highest BCUT2D eigenvalue weighted by atomic mass is 16.6. The lowest BCUT2D eigenvalue weighted by Crippen LogP contribution is -2.25. The standard InChI is InChI=1S/C15H9N3O4/c16-17-13(14(19)10-4-2-1-3-5-10)15(20)11-6-8-12(9-7-11)18(21)22/h1-9H. The Morgan fingerprint density at radius 1 is 0.909 bits per heavy atom. The third-order valence-corrected chi connectivity index (χ3v) is 2.91. The van der Waals surface area contributed by atoms with Gasteiger partial charge in [0.1, 0.15) is 0 Å². The Morgan fingerprint density at radius 3 is 1.86 bits per heavy atom. The highest BCUT2D eigenvalue weighted by Crippen LogP contribution is 2.13. The molecule has 2 aromatic rings. The average molecular weight is 295 g/mol. The van der Waals surface area contributed by atoms with Gasteiger partial charge >= 0.3 is 5.71 Å². The van der Waals surface area contributed by atoms with Crippen LogP contribution in [0.1, 0.15) is 20.7 Å². The second kappa shape index (κ2) is 6.34. The van der Waals surface area contributed by atoms with E-state index in [1.54, 1.807) is 18.2 Å². The van der Waals surface area contributed by atoms with Gasteiger partial charge in [-0.15, -0.1) is 0 Å². The fraction of sp³-hybridized carbons (Fsp3) is 0. The number of benzene rings is 2. The van der Waals surface area contributed by atoms with Crippen LogP contribution < -0.4 is 0 Å². The third kappa shape index (κ3) is 3.00. The van der Waals surface area contributed by atoms with Crippen LogP contribution in [0.15, 0.2) is 54.6 Å². The molecule has 22 heavy (non-hydrogen) atoms. The molecule has 2 rings (SSSR count). The van der Waals surface area contributed by atoms with E-state index >= 15 is 0 Å². The minimum absolute atomic E-state index is 0.0164. The molecule has 108 valence electrons. The van der Waals surface area contributed by atoms with Crippen LogP contribution >= 0.6 is 0 Å². The number of nitro groups is 1. The van der Waals surface area contributed by atoms with Crippen molar-refractivity contribution in [3.05, 3.63) is 81.4 Å². The highest BCUT2D eigenvalue weighted by Gasteiger charge is 2.31. The normalized spacial score (nSPS) is 9.64. The van der Waals surface area contributed by atoms with Gasteiger partial charge in [-0.3, -0.25) is 19.7 Å². The van der Waals surface area contributed by atoms with Crippen molar-refractivity contribution in [1.82, 2.24) is 0 Å². The van der Waals surface area contributed by atoms with Gasteiger partial charge in [0.25, 0.3) is 17.3 Å². The zero-order valence-corrected chi connectivity index (χ0v) is 11.2. The summed E-state index contributed by atoms with van der Waals surface area (Å²) in [6.07, 6.45) is 0. The molecule has 7 heteroatoms. The lowest BCUT2D eigenvalue weighted by Gasteiger charge is -1.98. The van der Waals surface area contributed by atoms with Gasteiger partial charge in [-0.05, 0) is 12.1 Å². The Kier molecular flexibility index (Phi) is 4.31. The van der Waals surface area contributed by atoms with Crippen molar-refractivity contribution in [2.45, 2.75) is 0 Å². The molecule has 0 aliphatic carbocycles. The Morgan fingerprint density at radius 2 is 1.41 bits per heavy atom. The van der Waals surface area contributed by atoms with E-state index in [1.807, 2.05) is 0 Å². The summed E-state index contributed by atoms with van der Waals surface area (Å²) in [4.78, 5) is 37.1. The molecule has 0 radical (unpaired) electrons. The van der Waals surface area contributed by atoms with E-state index in [2.05, 4.69) is 4.79 Å². The summed E-state index contributed by atoms with van der Waals surface area (Å²) >= 11 is 0. The van der Waals surface area contributed by atoms with Crippen LogP contribution in [0.4, 0.5) is 5.69 Å². The van der Waals surface area contributed by atoms with Crippen LogP contribution in [0, 0.1) is 10.1 Å². The number of Topliss-reactive ketones (excluding diaryl/α,β-unsaturated/α-hetero) is 2. The summed E-state index contributed by atoms with van der Waals surface area (Å²) in [7, 11) is 0. The first-order valence-corrected chi connectivity index (χ1v) is 6.15. The second-order valence-electron chi connectivity index (χ2n) is 4.28. The molecule has 0 amide bonds. The zero-order chi connectivity index (χ0) is 16.1. The Balaban J connectivity index is 2.32. The van der Waals surface area contributed by atoms with Crippen molar-refractivity contribution < 1.29 is 19.3 Å². The smallest absolute Gasteiger partial charge is 0.360 e. The molecule has 2 aromatic carbocycles. The van der Waals surface area contributed by atoms with Crippen molar-refractivity contribution in [3.8, 4) is 0 Å². The van der Waals surface area contributed by atoms with Crippen LogP contribution in [-0.4, -0.2) is 27.0 Å². The van der Waals surface area contributed by atoms with E-state index < -0.39 is 22.2 Å². The molecule has 0 heterocycles. The van der Waals surface area contributed by atoms with Gasteiger partial charge in [0.2, 0.25) is 0 Å². The quantitative estimate of drug-likeness (QED) is 0.160. The van der Waals surface area contributed by atoms with Gasteiger partial charge in [0.05, 0.1) is 4.92 Å². The molecule has 0 saturated carbocycles. The van der Waals surface area contributed by atoms with E-state index in [-0.39, 0.29) is 16.8 Å². The fourth-order valence-electron chi connectivity index (χ4n) is 1.79. The van der Waals surface area contributed by atoms with Crippen LogP contribution in [0.25, 0.3) is 5.53 Å². The van der Waals surface area contributed by atoms with Crippen LogP contribution in [0.3, 0.4) is 0 Å². The number of hydrogen-bond donors (Lipinski definition) is 0. The molecule has 7 nitrogen and oxygen atoms in total. The summed E-state index contributed by atoms with van der Waals surface area (Å²) < 4.78 is 0. The number of nitro benzene ring substituents is 1. The highest BCUT2D eigenvalue weighted by molar-refractivity contribution is 6.70. The Hall–Kier alpha value is -3.44. The molecule has 0 aliphatic heterocycles. The number of hydrogen-bond acceptors (Lipinski definition) is 4. The Labute approximate surface area is 124 Å². The molecule has 0 fully saturated rings.